The van der Waals surface area contributed by atoms with Gasteiger partial charge in [0.2, 0.25) is 0 Å². The monoisotopic (exact) mass is 483 g/mol. The number of halogens is 1. The first-order valence-corrected chi connectivity index (χ1v) is 11.6. The summed E-state index contributed by atoms with van der Waals surface area (Å²) in [5.74, 6) is -1.29. The van der Waals surface area contributed by atoms with Gasteiger partial charge in [-0.1, -0.05) is 42.1 Å². The highest BCUT2D eigenvalue weighted by atomic mass is 32.2. The van der Waals surface area contributed by atoms with Crippen molar-refractivity contribution in [2.75, 3.05) is 17.7 Å². The predicted molar refractivity (Wildman–Crippen MR) is 124 cm³/mol. The molecule has 168 valence electrons. The van der Waals surface area contributed by atoms with Crippen molar-refractivity contribution in [3.05, 3.63) is 71.5 Å². The lowest BCUT2D eigenvalue weighted by Gasteiger charge is -2.10. The van der Waals surface area contributed by atoms with Crippen LogP contribution in [0.5, 0.6) is 0 Å². The van der Waals surface area contributed by atoms with Crippen molar-refractivity contribution < 1.29 is 18.7 Å². The molecule has 1 amide bonds. The van der Waals surface area contributed by atoms with Gasteiger partial charge < -0.3 is 4.74 Å². The third-order valence-electron chi connectivity index (χ3n) is 4.31. The van der Waals surface area contributed by atoms with Crippen LogP contribution in [0.2, 0.25) is 0 Å². The number of amides is 1. The topological polar surface area (TPSA) is 99.0 Å². The third kappa shape index (κ3) is 5.62. The van der Waals surface area contributed by atoms with Gasteiger partial charge >= 0.3 is 5.97 Å². The zero-order valence-corrected chi connectivity index (χ0v) is 19.0. The zero-order valence-electron chi connectivity index (χ0n) is 17.4. The van der Waals surface area contributed by atoms with Gasteiger partial charge in [0.15, 0.2) is 22.7 Å². The van der Waals surface area contributed by atoms with Crippen molar-refractivity contribution in [1.82, 2.24) is 19.7 Å². The summed E-state index contributed by atoms with van der Waals surface area (Å²) in [5, 5.41) is 13.5. The highest BCUT2D eigenvalue weighted by Gasteiger charge is 2.20. The summed E-state index contributed by atoms with van der Waals surface area (Å²) in [4.78, 5) is 28.3. The number of ether oxygens (including phenoxy) is 1. The lowest BCUT2D eigenvalue weighted by molar-refractivity contribution is -0.144. The van der Waals surface area contributed by atoms with E-state index in [1.807, 2.05) is 37.3 Å². The molecule has 0 fully saturated rings. The molecule has 0 saturated carbocycles. The van der Waals surface area contributed by atoms with E-state index < -0.39 is 24.3 Å². The minimum Gasteiger partial charge on any atom is -0.455 e. The van der Waals surface area contributed by atoms with E-state index in [1.54, 1.807) is 28.1 Å². The van der Waals surface area contributed by atoms with Crippen LogP contribution in [-0.2, 0) is 14.3 Å². The zero-order chi connectivity index (χ0) is 23.2. The van der Waals surface area contributed by atoms with Gasteiger partial charge in [-0.15, -0.1) is 21.5 Å². The summed E-state index contributed by atoms with van der Waals surface area (Å²) >= 11 is 2.37. The number of rotatable bonds is 8. The fourth-order valence-electron chi connectivity index (χ4n) is 2.87. The van der Waals surface area contributed by atoms with Crippen LogP contribution < -0.4 is 5.32 Å². The average molecular weight is 484 g/mol. The molecule has 0 aliphatic carbocycles. The first-order valence-electron chi connectivity index (χ1n) is 9.77. The van der Waals surface area contributed by atoms with Crippen molar-refractivity contribution in [2.24, 2.45) is 0 Å². The lowest BCUT2D eigenvalue weighted by atomic mass is 10.2. The Balaban J connectivity index is 1.44. The molecule has 0 bridgehead atoms. The van der Waals surface area contributed by atoms with Crippen LogP contribution in [0.25, 0.3) is 17.1 Å². The largest absolute Gasteiger partial charge is 0.455 e. The van der Waals surface area contributed by atoms with Crippen LogP contribution in [0.3, 0.4) is 0 Å². The Labute approximate surface area is 196 Å². The number of aromatic nitrogens is 4. The number of carbonyl (C=O) groups is 2. The quantitative estimate of drug-likeness (QED) is 0.297. The standard InChI is InChI=1S/C22H18FN5O3S2/c1-14-12-32-21(24-14)25-18(29)11-31-19(30)13-33-22-27-26-20(16-9-5-6-10-17(16)23)28(22)15-7-3-2-4-8-15/h2-10,12H,11,13H2,1H3,(H,24,25,29). The van der Waals surface area contributed by atoms with Gasteiger partial charge in [-0.25, -0.2) is 9.37 Å². The minimum absolute atomic E-state index is 0.105. The molecule has 4 rings (SSSR count). The molecule has 4 aromatic rings. The van der Waals surface area contributed by atoms with Crippen molar-refractivity contribution in [1.29, 1.82) is 0 Å². The number of hydrogen-bond donors (Lipinski definition) is 1. The summed E-state index contributed by atoms with van der Waals surface area (Å²) in [6.45, 7) is 1.39. The van der Waals surface area contributed by atoms with Gasteiger partial charge in [0.1, 0.15) is 5.82 Å². The first kappa shape index (κ1) is 22.6. The Bertz CT molecular complexity index is 1280. The molecular weight excluding hydrogens is 465 g/mol. The second kappa shape index (κ2) is 10.4. The predicted octanol–water partition coefficient (Wildman–Crippen LogP) is 4.11. The SMILES string of the molecule is Cc1csc(NC(=O)COC(=O)CSc2nnc(-c3ccccc3F)n2-c2ccccc2)n1. The van der Waals surface area contributed by atoms with E-state index in [1.165, 1.54) is 17.4 Å². The van der Waals surface area contributed by atoms with E-state index in [0.717, 1.165) is 23.1 Å². The summed E-state index contributed by atoms with van der Waals surface area (Å²) in [7, 11) is 0. The number of thioether (sulfide) groups is 1. The molecule has 1 N–H and O–H groups in total. The molecule has 0 atom stereocenters. The maximum atomic E-state index is 14.4. The molecule has 2 aromatic heterocycles. The molecule has 8 nitrogen and oxygen atoms in total. The van der Waals surface area contributed by atoms with Gasteiger partial charge in [-0.05, 0) is 31.2 Å². The van der Waals surface area contributed by atoms with E-state index in [-0.39, 0.29) is 11.3 Å². The number of para-hydroxylation sites is 1. The van der Waals surface area contributed by atoms with Crippen LogP contribution >= 0.6 is 23.1 Å². The Kier molecular flexibility index (Phi) is 7.10. The lowest BCUT2D eigenvalue weighted by Crippen LogP contribution is -2.21. The molecule has 33 heavy (non-hydrogen) atoms. The van der Waals surface area contributed by atoms with Gasteiger partial charge in [-0.2, -0.15) is 0 Å². The fraction of sp³-hybridized carbons (Fsp3) is 0.136. The first-order chi connectivity index (χ1) is 16.0. The van der Waals surface area contributed by atoms with Gasteiger partial charge in [0.25, 0.3) is 5.91 Å². The number of aryl methyl sites for hydroxylation is 1. The van der Waals surface area contributed by atoms with E-state index in [0.29, 0.717) is 16.1 Å². The number of hydrogen-bond acceptors (Lipinski definition) is 8. The van der Waals surface area contributed by atoms with E-state index in [2.05, 4.69) is 20.5 Å². The van der Waals surface area contributed by atoms with E-state index >= 15 is 0 Å². The molecular formula is C22H18FN5O3S2. The summed E-state index contributed by atoms with van der Waals surface area (Å²) < 4.78 is 21.1. The van der Waals surface area contributed by atoms with Crippen LogP contribution in [0.15, 0.2) is 65.1 Å². The molecule has 0 aliphatic heterocycles. The highest BCUT2D eigenvalue weighted by Crippen LogP contribution is 2.29. The summed E-state index contributed by atoms with van der Waals surface area (Å²) in [5.41, 5.74) is 1.80. The molecule has 0 aliphatic rings. The number of benzene rings is 2. The van der Waals surface area contributed by atoms with Gasteiger partial charge in [0, 0.05) is 11.1 Å². The fourth-order valence-corrected chi connectivity index (χ4v) is 4.32. The second-order valence-electron chi connectivity index (χ2n) is 6.75. The molecule has 11 heteroatoms. The number of anilines is 1. The smallest absolute Gasteiger partial charge is 0.316 e. The average Bonchev–Trinajstić information content (AvgIpc) is 3.43. The summed E-state index contributed by atoms with van der Waals surface area (Å²) in [6, 6.07) is 15.5. The van der Waals surface area contributed by atoms with Crippen LogP contribution in [0.4, 0.5) is 9.52 Å². The normalized spacial score (nSPS) is 10.7. The highest BCUT2D eigenvalue weighted by molar-refractivity contribution is 7.99. The second-order valence-corrected chi connectivity index (χ2v) is 8.55. The van der Waals surface area contributed by atoms with Gasteiger partial charge in [0.05, 0.1) is 17.0 Å². The number of nitrogens with zero attached hydrogens (tertiary/aromatic N) is 4. The molecule has 0 unspecified atom stereocenters. The van der Waals surface area contributed by atoms with Crippen LogP contribution in [0, 0.1) is 12.7 Å². The molecule has 0 radical (unpaired) electrons. The Morgan fingerprint density at radius 1 is 1.12 bits per heavy atom. The van der Waals surface area contributed by atoms with Crippen molar-refractivity contribution in [3.63, 3.8) is 0 Å². The Hall–Kier alpha value is -3.57. The molecule has 2 aromatic carbocycles. The van der Waals surface area contributed by atoms with E-state index in [4.69, 9.17) is 4.74 Å². The van der Waals surface area contributed by atoms with E-state index in [9.17, 15) is 14.0 Å². The number of thiazole rings is 1. The molecule has 0 saturated heterocycles. The minimum atomic E-state index is -0.597. The number of esters is 1. The van der Waals surface area contributed by atoms with Gasteiger partial charge in [-0.3, -0.25) is 19.5 Å². The number of carbonyl (C=O) groups excluding carboxylic acids is 2. The van der Waals surface area contributed by atoms with Crippen molar-refractivity contribution in [2.45, 2.75) is 12.1 Å². The van der Waals surface area contributed by atoms with Crippen LogP contribution in [-0.4, -0.2) is 44.0 Å². The van der Waals surface area contributed by atoms with Crippen molar-refractivity contribution >= 4 is 40.1 Å². The third-order valence-corrected chi connectivity index (χ3v) is 6.09. The summed E-state index contributed by atoms with van der Waals surface area (Å²) in [6.07, 6.45) is 0. The Morgan fingerprint density at radius 2 is 1.88 bits per heavy atom. The number of nitrogens with one attached hydrogen (secondary N) is 1. The Morgan fingerprint density at radius 3 is 2.61 bits per heavy atom. The van der Waals surface area contributed by atoms with Crippen molar-refractivity contribution in [3.8, 4) is 17.1 Å². The van der Waals surface area contributed by atoms with Crippen LogP contribution in [0.1, 0.15) is 5.69 Å². The maximum absolute atomic E-state index is 14.4. The maximum Gasteiger partial charge on any atom is 0.316 e. The molecule has 0 spiro atoms. The molecule has 2 heterocycles.